The fourth-order valence-corrected chi connectivity index (χ4v) is 4.17. The van der Waals surface area contributed by atoms with E-state index >= 15 is 0 Å². The Morgan fingerprint density at radius 1 is 1.28 bits per heavy atom. The molecule has 0 radical (unpaired) electrons. The van der Waals surface area contributed by atoms with Gasteiger partial charge in [-0.25, -0.2) is 0 Å². The van der Waals surface area contributed by atoms with Crippen molar-refractivity contribution >= 4 is 5.91 Å². The minimum absolute atomic E-state index is 0.0368. The van der Waals surface area contributed by atoms with E-state index < -0.39 is 0 Å². The molecule has 4 heterocycles. The van der Waals surface area contributed by atoms with Crippen LogP contribution in [-0.4, -0.2) is 42.5 Å². The van der Waals surface area contributed by atoms with E-state index in [-0.39, 0.29) is 11.9 Å². The molecule has 8 nitrogen and oxygen atoms in total. The van der Waals surface area contributed by atoms with Crippen LogP contribution in [0.2, 0.25) is 0 Å². The zero-order valence-corrected chi connectivity index (χ0v) is 17.7. The standard InChI is InChI=1S/C21H28N6O2/c1-6-16-13(3)18(23-22-16)21(28)27-10-8-7-9-17(27)19-15(11-26(5)24-19)20-12(2)14(4)25-29-20/h11,17H,6-10H2,1-5H3,(H,22,23). The second kappa shape index (κ2) is 7.50. The van der Waals surface area contributed by atoms with Gasteiger partial charge in [0.25, 0.3) is 5.91 Å². The zero-order valence-electron chi connectivity index (χ0n) is 17.7. The molecule has 3 aromatic rings. The molecule has 0 bridgehead atoms. The number of carbonyl (C=O) groups excluding carboxylic acids is 1. The second-order valence-electron chi connectivity index (χ2n) is 7.86. The Kier molecular flexibility index (Phi) is 5.02. The van der Waals surface area contributed by atoms with Gasteiger partial charge in [-0.2, -0.15) is 10.2 Å². The molecule has 0 spiro atoms. The van der Waals surface area contributed by atoms with Crippen molar-refractivity contribution in [3.05, 3.63) is 40.1 Å². The summed E-state index contributed by atoms with van der Waals surface area (Å²) in [5.41, 5.74) is 6.09. The van der Waals surface area contributed by atoms with Gasteiger partial charge < -0.3 is 9.42 Å². The lowest BCUT2D eigenvalue weighted by molar-refractivity contribution is 0.0599. The van der Waals surface area contributed by atoms with Crippen molar-refractivity contribution in [2.45, 2.75) is 59.4 Å². The highest BCUT2D eigenvalue weighted by Gasteiger charge is 2.35. The first-order valence-electron chi connectivity index (χ1n) is 10.2. The van der Waals surface area contributed by atoms with Crippen LogP contribution >= 0.6 is 0 Å². The fourth-order valence-electron chi connectivity index (χ4n) is 4.17. The van der Waals surface area contributed by atoms with Gasteiger partial charge in [-0.05, 0) is 46.5 Å². The van der Waals surface area contributed by atoms with Crippen molar-refractivity contribution in [1.82, 2.24) is 30.0 Å². The Balaban J connectivity index is 1.74. The van der Waals surface area contributed by atoms with E-state index in [0.29, 0.717) is 12.2 Å². The molecule has 0 saturated carbocycles. The van der Waals surface area contributed by atoms with Crippen molar-refractivity contribution in [3.8, 4) is 11.3 Å². The number of aryl methyl sites for hydroxylation is 3. The van der Waals surface area contributed by atoms with Gasteiger partial charge in [0, 0.05) is 36.6 Å². The van der Waals surface area contributed by atoms with Crippen LogP contribution in [-0.2, 0) is 13.5 Å². The number of likely N-dealkylation sites (tertiary alicyclic amines) is 1. The molecule has 1 fully saturated rings. The van der Waals surface area contributed by atoms with Crippen LogP contribution < -0.4 is 0 Å². The molecule has 1 N–H and O–H groups in total. The van der Waals surface area contributed by atoms with Gasteiger partial charge in [-0.15, -0.1) is 0 Å². The Morgan fingerprint density at radius 2 is 2.07 bits per heavy atom. The number of H-pyrrole nitrogens is 1. The van der Waals surface area contributed by atoms with E-state index in [2.05, 4.69) is 22.3 Å². The van der Waals surface area contributed by atoms with E-state index in [1.54, 1.807) is 4.68 Å². The third-order valence-corrected chi connectivity index (χ3v) is 6.01. The average molecular weight is 396 g/mol. The summed E-state index contributed by atoms with van der Waals surface area (Å²) in [5.74, 6) is 0.693. The van der Waals surface area contributed by atoms with Crippen LogP contribution in [0.5, 0.6) is 0 Å². The smallest absolute Gasteiger partial charge is 0.275 e. The topological polar surface area (TPSA) is 92.8 Å². The van der Waals surface area contributed by atoms with Crippen LogP contribution in [0.15, 0.2) is 10.7 Å². The van der Waals surface area contributed by atoms with Gasteiger partial charge in [0.1, 0.15) is 0 Å². The van der Waals surface area contributed by atoms with E-state index in [9.17, 15) is 4.79 Å². The van der Waals surface area contributed by atoms with Crippen LogP contribution in [0.4, 0.5) is 0 Å². The van der Waals surface area contributed by atoms with Crippen LogP contribution in [0.1, 0.15) is 70.9 Å². The van der Waals surface area contributed by atoms with E-state index in [0.717, 1.165) is 65.2 Å². The predicted molar refractivity (Wildman–Crippen MR) is 109 cm³/mol. The molecule has 1 saturated heterocycles. The number of piperidine rings is 1. The molecular formula is C21H28N6O2. The van der Waals surface area contributed by atoms with E-state index in [1.165, 1.54) is 0 Å². The minimum atomic E-state index is -0.113. The summed E-state index contributed by atoms with van der Waals surface area (Å²) < 4.78 is 7.41. The van der Waals surface area contributed by atoms with Crippen molar-refractivity contribution < 1.29 is 9.32 Å². The maximum absolute atomic E-state index is 13.4. The van der Waals surface area contributed by atoms with Crippen LogP contribution in [0.3, 0.4) is 0 Å². The van der Waals surface area contributed by atoms with Crippen molar-refractivity contribution in [3.63, 3.8) is 0 Å². The molecule has 8 heteroatoms. The first kappa shape index (κ1) is 19.4. The first-order valence-corrected chi connectivity index (χ1v) is 10.2. The molecule has 154 valence electrons. The lowest BCUT2D eigenvalue weighted by atomic mass is 9.95. The minimum Gasteiger partial charge on any atom is -0.356 e. The summed E-state index contributed by atoms with van der Waals surface area (Å²) in [4.78, 5) is 15.4. The monoisotopic (exact) mass is 396 g/mol. The number of aromatic amines is 1. The molecule has 0 aromatic carbocycles. The van der Waals surface area contributed by atoms with E-state index in [1.807, 2.05) is 38.9 Å². The Hall–Kier alpha value is -2.90. The van der Waals surface area contributed by atoms with Gasteiger partial charge in [0.05, 0.1) is 23.0 Å². The van der Waals surface area contributed by atoms with Crippen molar-refractivity contribution in [2.75, 3.05) is 6.54 Å². The summed E-state index contributed by atoms with van der Waals surface area (Å²) in [5, 5.41) is 16.2. The number of nitrogens with zero attached hydrogens (tertiary/aromatic N) is 5. The number of amides is 1. The van der Waals surface area contributed by atoms with Crippen LogP contribution in [0.25, 0.3) is 11.3 Å². The SMILES string of the molecule is CCc1[nH]nc(C(=O)N2CCCCC2c2nn(C)cc2-c2onc(C)c2C)c1C. The van der Waals surface area contributed by atoms with Crippen molar-refractivity contribution in [2.24, 2.45) is 7.05 Å². The Morgan fingerprint density at radius 3 is 2.72 bits per heavy atom. The number of aromatic nitrogens is 5. The summed E-state index contributed by atoms with van der Waals surface area (Å²) in [6.45, 7) is 8.64. The van der Waals surface area contributed by atoms with Crippen LogP contribution in [0, 0.1) is 20.8 Å². The molecule has 1 atom stereocenters. The molecule has 0 aliphatic carbocycles. The van der Waals surface area contributed by atoms with Gasteiger partial charge in [0.15, 0.2) is 11.5 Å². The summed E-state index contributed by atoms with van der Waals surface area (Å²) >= 11 is 0. The van der Waals surface area contributed by atoms with E-state index in [4.69, 9.17) is 9.62 Å². The highest BCUT2D eigenvalue weighted by atomic mass is 16.5. The quantitative estimate of drug-likeness (QED) is 0.726. The fraction of sp³-hybridized carbons (Fsp3) is 0.524. The molecule has 1 amide bonds. The highest BCUT2D eigenvalue weighted by Crippen LogP contribution is 2.38. The summed E-state index contributed by atoms with van der Waals surface area (Å²) in [6.07, 6.45) is 5.68. The lowest BCUT2D eigenvalue weighted by Crippen LogP contribution is -2.39. The van der Waals surface area contributed by atoms with Gasteiger partial charge in [-0.1, -0.05) is 12.1 Å². The predicted octanol–water partition coefficient (Wildman–Crippen LogP) is 3.65. The molecule has 1 aliphatic rings. The van der Waals surface area contributed by atoms with Gasteiger partial charge in [0.2, 0.25) is 0 Å². The second-order valence-corrected chi connectivity index (χ2v) is 7.86. The van der Waals surface area contributed by atoms with Crippen molar-refractivity contribution in [1.29, 1.82) is 0 Å². The molecule has 1 aliphatic heterocycles. The number of rotatable bonds is 4. The number of hydrogen-bond donors (Lipinski definition) is 1. The Labute approximate surface area is 170 Å². The average Bonchev–Trinajstić information content (AvgIpc) is 3.38. The number of carbonyl (C=O) groups is 1. The Bertz CT molecular complexity index is 1040. The maximum atomic E-state index is 13.4. The molecule has 1 unspecified atom stereocenters. The molecular weight excluding hydrogens is 368 g/mol. The zero-order chi connectivity index (χ0) is 20.7. The number of nitrogens with one attached hydrogen (secondary N) is 1. The molecule has 29 heavy (non-hydrogen) atoms. The van der Waals surface area contributed by atoms with Gasteiger partial charge >= 0.3 is 0 Å². The lowest BCUT2D eigenvalue weighted by Gasteiger charge is -2.35. The largest absolute Gasteiger partial charge is 0.356 e. The molecule has 4 rings (SSSR count). The first-order chi connectivity index (χ1) is 13.9. The third-order valence-electron chi connectivity index (χ3n) is 6.01. The highest BCUT2D eigenvalue weighted by molar-refractivity contribution is 5.94. The molecule has 3 aromatic heterocycles. The summed E-state index contributed by atoms with van der Waals surface area (Å²) in [6, 6.07) is -0.113. The third kappa shape index (κ3) is 3.26. The number of hydrogen-bond acceptors (Lipinski definition) is 5. The normalized spacial score (nSPS) is 17.1. The van der Waals surface area contributed by atoms with Gasteiger partial charge in [-0.3, -0.25) is 14.6 Å². The maximum Gasteiger partial charge on any atom is 0.275 e. The summed E-state index contributed by atoms with van der Waals surface area (Å²) in [7, 11) is 1.89.